The van der Waals surface area contributed by atoms with Crippen molar-refractivity contribution in [2.24, 2.45) is 0 Å². The molecule has 0 aliphatic rings. The molecule has 2 N–H and O–H groups in total. The van der Waals surface area contributed by atoms with Crippen molar-refractivity contribution in [2.45, 2.75) is 26.4 Å². The molecule has 0 aliphatic carbocycles. The second-order valence-electron chi connectivity index (χ2n) is 5.09. The number of aliphatic hydroxyl groups is 1. The molecule has 0 bridgehead atoms. The van der Waals surface area contributed by atoms with Crippen LogP contribution in [0.15, 0.2) is 12.1 Å². The molecule has 0 aliphatic heterocycles. The minimum absolute atomic E-state index is 0.234. The lowest BCUT2D eigenvalue weighted by Gasteiger charge is -2.20. The second-order valence-corrected chi connectivity index (χ2v) is 5.09. The van der Waals surface area contributed by atoms with E-state index in [9.17, 15) is 14.7 Å². The van der Waals surface area contributed by atoms with Gasteiger partial charge in [0.2, 0.25) is 0 Å². The molecule has 0 saturated heterocycles. The Hall–Kier alpha value is -2.08. The van der Waals surface area contributed by atoms with Gasteiger partial charge < -0.3 is 19.9 Å². The summed E-state index contributed by atoms with van der Waals surface area (Å²) in [7, 11) is 2.75. The third-order valence-electron chi connectivity index (χ3n) is 3.14. The molecule has 116 valence electrons. The normalized spacial score (nSPS) is 13.2. The fraction of sp³-hybridized carbons (Fsp3) is 0.467. The van der Waals surface area contributed by atoms with E-state index < -0.39 is 11.6 Å². The Labute approximate surface area is 124 Å². The van der Waals surface area contributed by atoms with Crippen molar-refractivity contribution in [3.8, 4) is 5.75 Å². The van der Waals surface area contributed by atoms with E-state index in [1.54, 1.807) is 19.2 Å². The molecule has 1 aromatic rings. The summed E-state index contributed by atoms with van der Waals surface area (Å²) in [6, 6.07) is 3.38. The zero-order valence-corrected chi connectivity index (χ0v) is 12.9. The molecular formula is C15H21NO5. The first-order valence-corrected chi connectivity index (χ1v) is 6.47. The molecule has 0 heterocycles. The number of nitrogens with one attached hydrogen (secondary N) is 1. The second kappa shape index (κ2) is 6.58. The van der Waals surface area contributed by atoms with Crippen LogP contribution in [-0.2, 0) is 9.53 Å². The van der Waals surface area contributed by atoms with Gasteiger partial charge in [-0.1, -0.05) is 0 Å². The van der Waals surface area contributed by atoms with Gasteiger partial charge in [0.15, 0.2) is 5.60 Å². The summed E-state index contributed by atoms with van der Waals surface area (Å²) >= 11 is 0. The number of ether oxygens (including phenoxy) is 2. The summed E-state index contributed by atoms with van der Waals surface area (Å²) in [4.78, 5) is 23.4. The van der Waals surface area contributed by atoms with E-state index in [2.05, 4.69) is 10.1 Å². The number of methoxy groups -OCH3 is 2. The highest BCUT2D eigenvalue weighted by Crippen LogP contribution is 2.24. The maximum absolute atomic E-state index is 12.1. The van der Waals surface area contributed by atoms with Gasteiger partial charge in [-0.3, -0.25) is 4.79 Å². The van der Waals surface area contributed by atoms with Gasteiger partial charge in [0, 0.05) is 5.56 Å². The van der Waals surface area contributed by atoms with Crippen molar-refractivity contribution in [2.75, 3.05) is 20.8 Å². The molecule has 6 nitrogen and oxygen atoms in total. The predicted octanol–water partition coefficient (Wildman–Crippen LogP) is 0.966. The lowest BCUT2D eigenvalue weighted by molar-refractivity contribution is -0.159. The van der Waals surface area contributed by atoms with Crippen LogP contribution in [0.1, 0.15) is 28.4 Å². The van der Waals surface area contributed by atoms with E-state index in [1.807, 2.05) is 13.8 Å². The van der Waals surface area contributed by atoms with Crippen molar-refractivity contribution in [1.29, 1.82) is 0 Å². The van der Waals surface area contributed by atoms with Gasteiger partial charge in [0.05, 0.1) is 20.8 Å². The Bertz CT molecular complexity index is 528. The van der Waals surface area contributed by atoms with Gasteiger partial charge >= 0.3 is 5.97 Å². The van der Waals surface area contributed by atoms with Crippen LogP contribution in [0.4, 0.5) is 0 Å². The summed E-state index contributed by atoms with van der Waals surface area (Å²) in [6.45, 7) is 4.73. The Kier molecular flexibility index (Phi) is 5.32. The molecule has 0 spiro atoms. The van der Waals surface area contributed by atoms with Crippen LogP contribution in [-0.4, -0.2) is 43.3 Å². The first-order valence-electron chi connectivity index (χ1n) is 6.47. The summed E-state index contributed by atoms with van der Waals surface area (Å²) in [5.41, 5.74) is 0.345. The highest BCUT2D eigenvalue weighted by molar-refractivity contribution is 5.95. The number of amides is 1. The minimum Gasteiger partial charge on any atom is -0.496 e. The van der Waals surface area contributed by atoms with Gasteiger partial charge in [-0.15, -0.1) is 0 Å². The first-order chi connectivity index (χ1) is 9.72. The molecule has 0 fully saturated rings. The van der Waals surface area contributed by atoms with Crippen LogP contribution in [0.2, 0.25) is 0 Å². The quantitative estimate of drug-likeness (QED) is 0.791. The van der Waals surface area contributed by atoms with Crippen LogP contribution in [0.5, 0.6) is 5.75 Å². The van der Waals surface area contributed by atoms with Crippen LogP contribution < -0.4 is 10.1 Å². The average molecular weight is 295 g/mol. The number of esters is 1. The zero-order chi connectivity index (χ0) is 16.2. The molecule has 0 radical (unpaired) electrons. The highest BCUT2D eigenvalue weighted by Gasteiger charge is 2.32. The van der Waals surface area contributed by atoms with Gasteiger partial charge in [-0.05, 0) is 44.0 Å². The van der Waals surface area contributed by atoms with E-state index in [1.165, 1.54) is 14.0 Å². The Morgan fingerprint density at radius 3 is 2.19 bits per heavy atom. The van der Waals surface area contributed by atoms with E-state index in [4.69, 9.17) is 4.74 Å². The third-order valence-corrected chi connectivity index (χ3v) is 3.14. The van der Waals surface area contributed by atoms with E-state index in [0.29, 0.717) is 5.56 Å². The smallest absolute Gasteiger partial charge is 0.339 e. The number of hydrogen-bond acceptors (Lipinski definition) is 5. The molecule has 0 aromatic heterocycles. The summed E-state index contributed by atoms with van der Waals surface area (Å²) in [6.07, 6.45) is 0. The Morgan fingerprint density at radius 2 is 1.76 bits per heavy atom. The van der Waals surface area contributed by atoms with Crippen molar-refractivity contribution in [1.82, 2.24) is 5.32 Å². The standard InChI is InChI=1S/C15H21NO5/c1-9-6-11(7-10(2)12(9)20-4)13(17)16-8-15(3,19)14(18)21-5/h6-7,19H,8H2,1-5H3,(H,16,17)/t15-/m1/s1. The lowest BCUT2D eigenvalue weighted by atomic mass is 10.0. The van der Waals surface area contributed by atoms with E-state index >= 15 is 0 Å². The molecule has 0 saturated carbocycles. The van der Waals surface area contributed by atoms with Crippen LogP contribution in [0.3, 0.4) is 0 Å². The molecule has 1 aromatic carbocycles. The Balaban J connectivity index is 2.84. The van der Waals surface area contributed by atoms with Crippen LogP contribution >= 0.6 is 0 Å². The maximum atomic E-state index is 12.1. The lowest BCUT2D eigenvalue weighted by Crippen LogP contribution is -2.47. The van der Waals surface area contributed by atoms with Gasteiger partial charge in [-0.25, -0.2) is 4.79 Å². The molecule has 1 rings (SSSR count). The summed E-state index contributed by atoms with van der Waals surface area (Å²) < 4.78 is 9.70. The number of carbonyl (C=O) groups excluding carboxylic acids is 2. The first kappa shape index (κ1) is 17.0. The monoisotopic (exact) mass is 295 g/mol. The van der Waals surface area contributed by atoms with Gasteiger partial charge in [0.25, 0.3) is 5.91 Å². The largest absolute Gasteiger partial charge is 0.496 e. The van der Waals surface area contributed by atoms with E-state index in [-0.39, 0.29) is 12.5 Å². The van der Waals surface area contributed by atoms with Crippen LogP contribution in [0.25, 0.3) is 0 Å². The van der Waals surface area contributed by atoms with Crippen LogP contribution in [0, 0.1) is 13.8 Å². The molecule has 1 amide bonds. The minimum atomic E-state index is -1.76. The fourth-order valence-electron chi connectivity index (χ4n) is 2.05. The molecule has 0 unspecified atom stereocenters. The average Bonchev–Trinajstić information content (AvgIpc) is 2.43. The topological polar surface area (TPSA) is 84.9 Å². The number of carbonyl (C=O) groups is 2. The fourth-order valence-corrected chi connectivity index (χ4v) is 2.05. The highest BCUT2D eigenvalue weighted by atomic mass is 16.5. The van der Waals surface area contributed by atoms with Gasteiger partial charge in [0.1, 0.15) is 5.75 Å². The number of aryl methyl sites for hydroxylation is 2. The Morgan fingerprint density at radius 1 is 1.24 bits per heavy atom. The molecule has 1 atom stereocenters. The summed E-state index contributed by atoms with van der Waals surface area (Å²) in [5.74, 6) is -0.453. The maximum Gasteiger partial charge on any atom is 0.339 e. The molecule has 6 heteroatoms. The van der Waals surface area contributed by atoms with Crippen molar-refractivity contribution in [3.63, 3.8) is 0 Å². The molecular weight excluding hydrogens is 274 g/mol. The van der Waals surface area contributed by atoms with Crippen molar-refractivity contribution in [3.05, 3.63) is 28.8 Å². The number of hydrogen-bond donors (Lipinski definition) is 2. The third kappa shape index (κ3) is 3.95. The van der Waals surface area contributed by atoms with Gasteiger partial charge in [-0.2, -0.15) is 0 Å². The molecule has 21 heavy (non-hydrogen) atoms. The van der Waals surface area contributed by atoms with Crippen molar-refractivity contribution >= 4 is 11.9 Å². The van der Waals surface area contributed by atoms with E-state index in [0.717, 1.165) is 16.9 Å². The SMILES string of the molecule is COC(=O)[C@](C)(O)CNC(=O)c1cc(C)c(OC)c(C)c1. The predicted molar refractivity (Wildman–Crippen MR) is 77.4 cm³/mol. The zero-order valence-electron chi connectivity index (χ0n) is 12.9. The number of rotatable bonds is 5. The number of benzene rings is 1. The van der Waals surface area contributed by atoms with Crippen molar-refractivity contribution < 1.29 is 24.2 Å². The summed E-state index contributed by atoms with van der Waals surface area (Å²) in [5, 5.41) is 12.4.